The molecule has 4 rings (SSSR count). The molecule has 1 saturated heterocycles. The van der Waals surface area contributed by atoms with Crippen molar-refractivity contribution in [1.82, 2.24) is 15.0 Å². The summed E-state index contributed by atoms with van der Waals surface area (Å²) >= 11 is 0. The van der Waals surface area contributed by atoms with Gasteiger partial charge in [0.05, 0.1) is 18.5 Å². The molecule has 0 saturated carbocycles. The normalized spacial score (nSPS) is 16.3. The number of ether oxygens (including phenoxy) is 1. The lowest BCUT2D eigenvalue weighted by Crippen LogP contribution is -2.27. The van der Waals surface area contributed by atoms with Gasteiger partial charge in [0.2, 0.25) is 11.7 Å². The van der Waals surface area contributed by atoms with E-state index in [9.17, 15) is 13.2 Å². The van der Waals surface area contributed by atoms with Crippen LogP contribution in [0.3, 0.4) is 0 Å². The molecule has 1 aliphatic heterocycles. The molecule has 1 atom stereocenters. The van der Waals surface area contributed by atoms with Gasteiger partial charge in [-0.1, -0.05) is 29.4 Å². The average Bonchev–Trinajstić information content (AvgIpc) is 3.47. The van der Waals surface area contributed by atoms with Crippen LogP contribution in [0, 0.1) is 5.41 Å². The Labute approximate surface area is 189 Å². The number of nitrogens with zero attached hydrogens (tertiary/aromatic N) is 3. The van der Waals surface area contributed by atoms with Crippen molar-refractivity contribution in [2.45, 2.75) is 44.8 Å². The highest BCUT2D eigenvalue weighted by Crippen LogP contribution is 2.36. The van der Waals surface area contributed by atoms with Crippen LogP contribution in [0.1, 0.15) is 48.4 Å². The van der Waals surface area contributed by atoms with Crippen LogP contribution >= 0.6 is 0 Å². The lowest BCUT2D eigenvalue weighted by atomic mass is 9.97. The monoisotopic (exact) mass is 458 g/mol. The first-order chi connectivity index (χ1) is 15.8. The zero-order valence-electron chi connectivity index (χ0n) is 18.4. The first kappa shape index (κ1) is 22.8. The van der Waals surface area contributed by atoms with E-state index >= 15 is 0 Å². The van der Waals surface area contributed by atoms with E-state index in [2.05, 4.69) is 10.1 Å². The number of nitrogens with one attached hydrogen (secondary N) is 1. The van der Waals surface area contributed by atoms with Gasteiger partial charge in [-0.05, 0) is 61.9 Å². The first-order valence-corrected chi connectivity index (χ1v) is 10.7. The van der Waals surface area contributed by atoms with Crippen molar-refractivity contribution in [1.29, 1.82) is 5.41 Å². The summed E-state index contributed by atoms with van der Waals surface area (Å²) in [5, 5.41) is 11.8. The Morgan fingerprint density at radius 3 is 2.61 bits per heavy atom. The molecule has 1 aromatic heterocycles. The van der Waals surface area contributed by atoms with E-state index in [0.29, 0.717) is 23.9 Å². The maximum atomic E-state index is 13.8. The van der Waals surface area contributed by atoms with Gasteiger partial charge in [-0.15, -0.1) is 0 Å². The predicted octanol–water partition coefficient (Wildman–Crippen LogP) is 5.68. The highest BCUT2D eigenvalue weighted by molar-refractivity contribution is 5.77. The van der Waals surface area contributed by atoms with Crippen LogP contribution in [0.25, 0.3) is 11.4 Å². The Hall–Kier alpha value is -3.36. The van der Waals surface area contributed by atoms with Crippen LogP contribution < -0.4 is 4.74 Å². The van der Waals surface area contributed by atoms with Crippen LogP contribution in [0.4, 0.5) is 13.2 Å². The zero-order valence-corrected chi connectivity index (χ0v) is 18.4. The lowest BCUT2D eigenvalue weighted by Gasteiger charge is -2.21. The number of likely N-dealkylation sites (tertiary alicyclic amines) is 1. The Kier molecular flexibility index (Phi) is 6.40. The summed E-state index contributed by atoms with van der Waals surface area (Å²) in [5.41, 5.74) is 0.699. The fourth-order valence-corrected chi connectivity index (χ4v) is 4.18. The highest BCUT2D eigenvalue weighted by atomic mass is 19.4. The number of hydrogen-bond donors (Lipinski definition) is 1. The smallest absolute Gasteiger partial charge is 0.416 e. The third-order valence-corrected chi connectivity index (χ3v) is 5.93. The van der Waals surface area contributed by atoms with Crippen molar-refractivity contribution in [3.8, 4) is 17.1 Å². The Bertz CT molecular complexity index is 1130. The first-order valence-electron chi connectivity index (χ1n) is 10.7. The molecule has 0 amide bonds. The molecule has 1 fully saturated rings. The van der Waals surface area contributed by atoms with Crippen molar-refractivity contribution >= 4 is 5.84 Å². The van der Waals surface area contributed by atoms with E-state index < -0.39 is 11.7 Å². The topological polar surface area (TPSA) is 75.2 Å². The third kappa shape index (κ3) is 5.02. The molecule has 0 spiro atoms. The quantitative estimate of drug-likeness (QED) is 0.380. The molecule has 0 radical (unpaired) electrons. The second-order valence-corrected chi connectivity index (χ2v) is 8.11. The van der Waals surface area contributed by atoms with E-state index in [1.165, 1.54) is 6.07 Å². The Morgan fingerprint density at radius 1 is 1.18 bits per heavy atom. The van der Waals surface area contributed by atoms with E-state index in [4.69, 9.17) is 14.7 Å². The molecule has 174 valence electrons. The number of aryl methyl sites for hydroxylation is 2. The van der Waals surface area contributed by atoms with Crippen LogP contribution in [0.5, 0.6) is 5.75 Å². The fraction of sp³-hybridized carbons (Fsp3) is 0.375. The van der Waals surface area contributed by atoms with Gasteiger partial charge < -0.3 is 14.2 Å². The molecule has 1 aliphatic rings. The van der Waals surface area contributed by atoms with Gasteiger partial charge in [-0.25, -0.2) is 0 Å². The third-order valence-electron chi connectivity index (χ3n) is 5.93. The van der Waals surface area contributed by atoms with Crippen molar-refractivity contribution < 1.29 is 22.4 Å². The number of methoxy groups -OCH3 is 1. The largest absolute Gasteiger partial charge is 0.497 e. The maximum Gasteiger partial charge on any atom is 0.416 e. The second-order valence-electron chi connectivity index (χ2n) is 8.11. The minimum atomic E-state index is -4.50. The average molecular weight is 458 g/mol. The minimum Gasteiger partial charge on any atom is -0.497 e. The standard InChI is InChI=1S/C24H25F3N4O2/c1-15(28)31-13-3-4-21(31)23-29-22(30-33-23)18-10-9-17(20(14-18)24(25,26)27)8-5-16-6-11-19(32-2)12-7-16/h6-7,9-12,14,21,28H,3-5,8,13H2,1-2H3/t21-/m0/s1. The molecule has 9 heteroatoms. The molecule has 0 unspecified atom stereocenters. The number of aromatic nitrogens is 2. The van der Waals surface area contributed by atoms with Gasteiger partial charge in [-0.2, -0.15) is 18.2 Å². The van der Waals surface area contributed by atoms with E-state index in [-0.39, 0.29) is 29.4 Å². The van der Waals surface area contributed by atoms with Crippen LogP contribution in [0.2, 0.25) is 0 Å². The number of benzene rings is 2. The fourth-order valence-electron chi connectivity index (χ4n) is 4.18. The Balaban J connectivity index is 1.56. The molecule has 0 aliphatic carbocycles. The van der Waals surface area contributed by atoms with Crippen LogP contribution in [-0.2, 0) is 19.0 Å². The summed E-state index contributed by atoms with van der Waals surface area (Å²) in [6, 6.07) is 11.3. The summed E-state index contributed by atoms with van der Waals surface area (Å²) in [6.45, 7) is 2.41. The van der Waals surface area contributed by atoms with Gasteiger partial charge in [0, 0.05) is 12.1 Å². The number of rotatable bonds is 6. The van der Waals surface area contributed by atoms with E-state index in [0.717, 1.165) is 31.0 Å². The van der Waals surface area contributed by atoms with E-state index in [1.807, 2.05) is 17.0 Å². The van der Waals surface area contributed by atoms with Gasteiger partial charge in [0.1, 0.15) is 11.8 Å². The number of hydrogen-bond acceptors (Lipinski definition) is 5. The highest BCUT2D eigenvalue weighted by Gasteiger charge is 2.35. The van der Waals surface area contributed by atoms with Crippen LogP contribution in [-0.4, -0.2) is 34.5 Å². The van der Waals surface area contributed by atoms with Crippen LogP contribution in [0.15, 0.2) is 47.0 Å². The lowest BCUT2D eigenvalue weighted by molar-refractivity contribution is -0.138. The minimum absolute atomic E-state index is 0.117. The molecule has 1 N–H and O–H groups in total. The SMILES string of the molecule is COc1ccc(CCc2ccc(-c3noc([C@@H]4CCCN4C(C)=N)n3)cc2C(F)(F)F)cc1. The maximum absolute atomic E-state index is 13.8. The molecular formula is C24H25F3N4O2. The molecule has 2 aromatic carbocycles. The van der Waals surface area contributed by atoms with E-state index in [1.54, 1.807) is 32.2 Å². The molecule has 0 bridgehead atoms. The van der Waals surface area contributed by atoms with Crippen molar-refractivity contribution in [2.24, 2.45) is 0 Å². The zero-order chi connectivity index (χ0) is 23.6. The van der Waals surface area contributed by atoms with Gasteiger partial charge in [-0.3, -0.25) is 5.41 Å². The second kappa shape index (κ2) is 9.25. The summed E-state index contributed by atoms with van der Waals surface area (Å²) in [6.07, 6.45) is -2.14. The summed E-state index contributed by atoms with van der Waals surface area (Å²) < 4.78 is 52.0. The summed E-state index contributed by atoms with van der Waals surface area (Å²) in [5.74, 6) is 1.55. The summed E-state index contributed by atoms with van der Waals surface area (Å²) in [4.78, 5) is 6.22. The van der Waals surface area contributed by atoms with Gasteiger partial charge in [0.25, 0.3) is 0 Å². The predicted molar refractivity (Wildman–Crippen MR) is 117 cm³/mol. The van der Waals surface area contributed by atoms with Gasteiger partial charge >= 0.3 is 6.18 Å². The molecule has 33 heavy (non-hydrogen) atoms. The van der Waals surface area contributed by atoms with Gasteiger partial charge in [0.15, 0.2) is 0 Å². The molecule has 2 heterocycles. The molecular weight excluding hydrogens is 433 g/mol. The van der Waals surface area contributed by atoms with Crippen molar-refractivity contribution in [2.75, 3.05) is 13.7 Å². The number of alkyl halides is 3. The van der Waals surface area contributed by atoms with Crippen molar-refractivity contribution in [3.63, 3.8) is 0 Å². The number of halogens is 3. The molecule has 6 nitrogen and oxygen atoms in total. The Morgan fingerprint density at radius 2 is 1.94 bits per heavy atom. The number of amidine groups is 1. The van der Waals surface area contributed by atoms with Crippen molar-refractivity contribution in [3.05, 3.63) is 65.0 Å². The molecule has 3 aromatic rings. The summed E-state index contributed by atoms with van der Waals surface area (Å²) in [7, 11) is 1.57.